The molecule has 2 heterocycles. The Morgan fingerprint density at radius 3 is 2.58 bits per heavy atom. The van der Waals surface area contributed by atoms with Gasteiger partial charge in [-0.2, -0.15) is 5.10 Å². The number of carbonyl (C=O) groups is 1. The number of para-hydroxylation sites is 1. The smallest absolute Gasteiger partial charge is 0.246 e. The SMILES string of the molecule is Cc1nn(Cc2ccccc2)c(Cl)c1C=CC(=O)N(C)Cc1ccccc1N1CCOCC1. The van der Waals surface area contributed by atoms with Crippen LogP contribution in [0.5, 0.6) is 0 Å². The minimum Gasteiger partial charge on any atom is -0.378 e. The number of aryl methyl sites for hydroxylation is 1. The maximum atomic E-state index is 12.9. The van der Waals surface area contributed by atoms with Crippen molar-refractivity contribution in [3.05, 3.63) is 88.2 Å². The molecule has 33 heavy (non-hydrogen) atoms. The van der Waals surface area contributed by atoms with E-state index in [-0.39, 0.29) is 5.91 Å². The number of benzene rings is 2. The number of rotatable bonds is 7. The predicted octanol–water partition coefficient (Wildman–Crippen LogP) is 4.40. The summed E-state index contributed by atoms with van der Waals surface area (Å²) in [4.78, 5) is 16.9. The molecule has 0 aliphatic carbocycles. The van der Waals surface area contributed by atoms with Gasteiger partial charge < -0.3 is 14.5 Å². The van der Waals surface area contributed by atoms with Crippen LogP contribution in [0.25, 0.3) is 6.08 Å². The fraction of sp³-hybridized carbons (Fsp3) is 0.308. The third kappa shape index (κ3) is 5.64. The van der Waals surface area contributed by atoms with Gasteiger partial charge in [0.2, 0.25) is 5.91 Å². The van der Waals surface area contributed by atoms with Crippen molar-refractivity contribution in [3.8, 4) is 0 Å². The first kappa shape index (κ1) is 23.1. The molecule has 0 unspecified atom stereocenters. The molecular formula is C26H29ClN4O2. The molecule has 1 aromatic heterocycles. The van der Waals surface area contributed by atoms with Gasteiger partial charge in [0.05, 0.1) is 25.5 Å². The van der Waals surface area contributed by atoms with Crippen molar-refractivity contribution in [2.75, 3.05) is 38.3 Å². The molecule has 2 aromatic carbocycles. The number of halogens is 1. The normalized spacial score (nSPS) is 14.1. The lowest BCUT2D eigenvalue weighted by Gasteiger charge is -2.31. The van der Waals surface area contributed by atoms with Crippen LogP contribution in [-0.2, 0) is 22.6 Å². The standard InChI is InChI=1S/C26H29ClN4O2/c1-20-23(26(27)31(28-20)18-21-8-4-3-5-9-21)12-13-25(32)29(2)19-22-10-6-7-11-24(22)30-14-16-33-17-15-30/h3-13H,14-19H2,1-2H3. The first-order chi connectivity index (χ1) is 16.0. The van der Waals surface area contributed by atoms with Gasteiger partial charge in [-0.3, -0.25) is 4.79 Å². The van der Waals surface area contributed by atoms with Crippen molar-refractivity contribution < 1.29 is 9.53 Å². The van der Waals surface area contributed by atoms with Crippen LogP contribution in [0.2, 0.25) is 5.15 Å². The summed E-state index contributed by atoms with van der Waals surface area (Å²) >= 11 is 6.59. The van der Waals surface area contributed by atoms with E-state index in [0.717, 1.165) is 54.4 Å². The van der Waals surface area contributed by atoms with Crippen LogP contribution in [0.3, 0.4) is 0 Å². The predicted molar refractivity (Wildman–Crippen MR) is 132 cm³/mol. The van der Waals surface area contributed by atoms with Crippen molar-refractivity contribution in [2.45, 2.75) is 20.0 Å². The fourth-order valence-corrected chi connectivity index (χ4v) is 4.29. The topological polar surface area (TPSA) is 50.6 Å². The van der Waals surface area contributed by atoms with Crippen molar-refractivity contribution in [1.29, 1.82) is 0 Å². The number of morpholine rings is 1. The number of carbonyl (C=O) groups excluding carboxylic acids is 1. The van der Waals surface area contributed by atoms with Crippen LogP contribution >= 0.6 is 11.6 Å². The number of amides is 1. The molecule has 7 heteroatoms. The first-order valence-corrected chi connectivity index (χ1v) is 11.5. The van der Waals surface area contributed by atoms with Gasteiger partial charge in [-0.25, -0.2) is 4.68 Å². The summed E-state index contributed by atoms with van der Waals surface area (Å²) in [6.07, 6.45) is 3.33. The van der Waals surface area contributed by atoms with Crippen LogP contribution < -0.4 is 4.90 Å². The van der Waals surface area contributed by atoms with Gasteiger partial charge in [0.25, 0.3) is 0 Å². The number of ether oxygens (including phenoxy) is 1. The second kappa shape index (κ2) is 10.7. The molecule has 1 fully saturated rings. The molecule has 3 aromatic rings. The average Bonchev–Trinajstić information content (AvgIpc) is 3.11. The van der Waals surface area contributed by atoms with Crippen molar-refractivity contribution in [1.82, 2.24) is 14.7 Å². The molecule has 172 valence electrons. The average molecular weight is 465 g/mol. The molecule has 1 aliphatic rings. The summed E-state index contributed by atoms with van der Waals surface area (Å²) in [5.74, 6) is -0.0851. The summed E-state index contributed by atoms with van der Waals surface area (Å²) in [6.45, 7) is 6.18. The summed E-state index contributed by atoms with van der Waals surface area (Å²) < 4.78 is 7.24. The lowest BCUT2D eigenvalue weighted by atomic mass is 10.1. The highest BCUT2D eigenvalue weighted by Crippen LogP contribution is 2.24. The van der Waals surface area contributed by atoms with Gasteiger partial charge in [0.15, 0.2) is 0 Å². The Labute approximate surface area is 200 Å². The molecule has 0 N–H and O–H groups in total. The van der Waals surface area contributed by atoms with E-state index < -0.39 is 0 Å². The summed E-state index contributed by atoms with van der Waals surface area (Å²) in [6, 6.07) is 18.3. The van der Waals surface area contributed by atoms with E-state index in [1.807, 2.05) is 56.4 Å². The zero-order valence-electron chi connectivity index (χ0n) is 19.1. The molecule has 6 nitrogen and oxygen atoms in total. The highest BCUT2D eigenvalue weighted by Gasteiger charge is 2.17. The zero-order chi connectivity index (χ0) is 23.2. The maximum Gasteiger partial charge on any atom is 0.246 e. The van der Waals surface area contributed by atoms with Gasteiger partial charge in [0.1, 0.15) is 5.15 Å². The van der Waals surface area contributed by atoms with Gasteiger partial charge in [-0.15, -0.1) is 0 Å². The molecule has 4 rings (SSSR count). The Kier molecular flexibility index (Phi) is 7.47. The minimum absolute atomic E-state index is 0.0851. The van der Waals surface area contributed by atoms with Gasteiger partial charge >= 0.3 is 0 Å². The third-order valence-electron chi connectivity index (χ3n) is 5.80. The second-order valence-electron chi connectivity index (χ2n) is 8.19. The Morgan fingerprint density at radius 1 is 1.12 bits per heavy atom. The van der Waals surface area contributed by atoms with Crippen molar-refractivity contribution >= 4 is 29.3 Å². The quantitative estimate of drug-likeness (QED) is 0.486. The summed E-state index contributed by atoms with van der Waals surface area (Å²) in [5.41, 5.74) is 4.95. The van der Waals surface area contributed by atoms with E-state index in [1.54, 1.807) is 21.7 Å². The monoisotopic (exact) mass is 464 g/mol. The number of nitrogens with zero attached hydrogens (tertiary/aromatic N) is 4. The van der Waals surface area contributed by atoms with Crippen LogP contribution in [0, 0.1) is 6.92 Å². The third-order valence-corrected chi connectivity index (χ3v) is 6.20. The van der Waals surface area contributed by atoms with E-state index in [2.05, 4.69) is 22.1 Å². The molecular weight excluding hydrogens is 436 g/mol. The van der Waals surface area contributed by atoms with E-state index in [4.69, 9.17) is 16.3 Å². The summed E-state index contributed by atoms with van der Waals surface area (Å²) in [5, 5.41) is 5.08. The van der Waals surface area contributed by atoms with Gasteiger partial charge in [-0.05, 0) is 30.2 Å². The Bertz CT molecular complexity index is 1120. The van der Waals surface area contributed by atoms with Gasteiger partial charge in [0, 0.05) is 44.0 Å². The highest BCUT2D eigenvalue weighted by atomic mass is 35.5. The number of likely N-dealkylation sites (N-methyl/N-ethyl adjacent to an activating group) is 1. The largest absolute Gasteiger partial charge is 0.378 e. The number of anilines is 1. The van der Waals surface area contributed by atoms with E-state index >= 15 is 0 Å². The van der Waals surface area contributed by atoms with E-state index in [1.165, 1.54) is 0 Å². The molecule has 0 atom stereocenters. The van der Waals surface area contributed by atoms with Crippen LogP contribution in [-0.4, -0.2) is 53.9 Å². The number of aromatic nitrogens is 2. The molecule has 1 aliphatic heterocycles. The van der Waals surface area contributed by atoms with E-state index in [0.29, 0.717) is 18.2 Å². The van der Waals surface area contributed by atoms with E-state index in [9.17, 15) is 4.79 Å². The molecule has 0 bridgehead atoms. The summed E-state index contributed by atoms with van der Waals surface area (Å²) in [7, 11) is 1.82. The Balaban J connectivity index is 1.44. The van der Waals surface area contributed by atoms with Gasteiger partial charge in [-0.1, -0.05) is 60.1 Å². The Hall–Kier alpha value is -3.09. The molecule has 1 saturated heterocycles. The molecule has 1 amide bonds. The zero-order valence-corrected chi connectivity index (χ0v) is 19.8. The number of hydrogen-bond acceptors (Lipinski definition) is 4. The number of hydrogen-bond donors (Lipinski definition) is 0. The molecule has 0 spiro atoms. The lowest BCUT2D eigenvalue weighted by Crippen LogP contribution is -2.37. The van der Waals surface area contributed by atoms with Crippen LogP contribution in [0.15, 0.2) is 60.7 Å². The molecule has 0 radical (unpaired) electrons. The minimum atomic E-state index is -0.0851. The van der Waals surface area contributed by atoms with Crippen molar-refractivity contribution in [2.24, 2.45) is 0 Å². The molecule has 0 saturated carbocycles. The maximum absolute atomic E-state index is 12.9. The highest BCUT2D eigenvalue weighted by molar-refractivity contribution is 6.31. The second-order valence-corrected chi connectivity index (χ2v) is 8.55. The Morgan fingerprint density at radius 2 is 1.82 bits per heavy atom. The van der Waals surface area contributed by atoms with Crippen molar-refractivity contribution in [3.63, 3.8) is 0 Å². The first-order valence-electron chi connectivity index (χ1n) is 11.1. The van der Waals surface area contributed by atoms with Crippen LogP contribution in [0.1, 0.15) is 22.4 Å². The lowest BCUT2D eigenvalue weighted by molar-refractivity contribution is -0.125. The van der Waals surface area contributed by atoms with Crippen LogP contribution in [0.4, 0.5) is 5.69 Å². The fourth-order valence-electron chi connectivity index (χ4n) is 3.99.